The Morgan fingerprint density at radius 1 is 1.36 bits per heavy atom. The van der Waals surface area contributed by atoms with E-state index in [2.05, 4.69) is 35.4 Å². The first-order chi connectivity index (χ1) is 10.4. The second kappa shape index (κ2) is 7.29. The normalized spacial score (nSPS) is 17.3. The van der Waals surface area contributed by atoms with Gasteiger partial charge < -0.3 is 14.6 Å². The topological polar surface area (TPSA) is 48.7 Å². The molecule has 0 atom stereocenters. The van der Waals surface area contributed by atoms with Gasteiger partial charge in [0.1, 0.15) is 0 Å². The summed E-state index contributed by atoms with van der Waals surface area (Å²) in [7, 11) is 4.25. The van der Waals surface area contributed by atoms with Crippen molar-refractivity contribution < 1.29 is 5.11 Å². The second-order valence-electron chi connectivity index (χ2n) is 6.55. The molecule has 0 aromatic carbocycles. The highest BCUT2D eigenvalue weighted by Crippen LogP contribution is 2.21. The van der Waals surface area contributed by atoms with Crippen LogP contribution in [-0.2, 0) is 13.1 Å². The first-order valence-corrected chi connectivity index (χ1v) is 8.25. The summed E-state index contributed by atoms with van der Waals surface area (Å²) in [5, 5.41) is 10.3. The third-order valence-electron chi connectivity index (χ3n) is 4.76. The van der Waals surface area contributed by atoms with Crippen LogP contribution in [-0.4, -0.2) is 52.7 Å². The van der Waals surface area contributed by atoms with Gasteiger partial charge in [0.15, 0.2) is 5.75 Å². The number of piperidine rings is 1. The van der Waals surface area contributed by atoms with Gasteiger partial charge in [-0.25, -0.2) is 0 Å². The van der Waals surface area contributed by atoms with Crippen molar-refractivity contribution >= 4 is 0 Å². The van der Waals surface area contributed by atoms with Crippen LogP contribution < -0.4 is 5.43 Å². The van der Waals surface area contributed by atoms with E-state index < -0.39 is 0 Å². The van der Waals surface area contributed by atoms with Crippen LogP contribution in [0.4, 0.5) is 0 Å². The van der Waals surface area contributed by atoms with E-state index >= 15 is 0 Å². The zero-order valence-electron chi connectivity index (χ0n) is 14.3. The van der Waals surface area contributed by atoms with Crippen LogP contribution in [0.25, 0.3) is 0 Å². The molecule has 1 aliphatic rings. The van der Waals surface area contributed by atoms with Gasteiger partial charge >= 0.3 is 0 Å². The zero-order chi connectivity index (χ0) is 16.3. The molecule has 5 nitrogen and oxygen atoms in total. The molecule has 1 aromatic heterocycles. The Labute approximate surface area is 133 Å². The summed E-state index contributed by atoms with van der Waals surface area (Å²) in [5.41, 5.74) is 1.42. The van der Waals surface area contributed by atoms with E-state index in [0.29, 0.717) is 12.6 Å². The van der Waals surface area contributed by atoms with Crippen molar-refractivity contribution in [1.29, 1.82) is 0 Å². The van der Waals surface area contributed by atoms with Gasteiger partial charge in [-0.05, 0) is 53.4 Å². The van der Waals surface area contributed by atoms with Gasteiger partial charge in [0.2, 0.25) is 5.43 Å². The molecule has 0 aliphatic carbocycles. The minimum atomic E-state index is -0.267. The Morgan fingerprint density at radius 2 is 2.00 bits per heavy atom. The Balaban J connectivity index is 2.22. The van der Waals surface area contributed by atoms with Crippen LogP contribution >= 0.6 is 0 Å². The Morgan fingerprint density at radius 3 is 2.59 bits per heavy atom. The van der Waals surface area contributed by atoms with E-state index in [1.807, 2.05) is 6.92 Å². The van der Waals surface area contributed by atoms with Gasteiger partial charge in [-0.2, -0.15) is 0 Å². The molecular formula is C17H29N3O2. The molecule has 124 valence electrons. The van der Waals surface area contributed by atoms with Crippen molar-refractivity contribution in [3.8, 4) is 5.75 Å². The van der Waals surface area contributed by atoms with Crippen molar-refractivity contribution in [2.24, 2.45) is 0 Å². The van der Waals surface area contributed by atoms with Crippen molar-refractivity contribution in [3.05, 3.63) is 27.7 Å². The average molecular weight is 307 g/mol. The Bertz CT molecular complexity index is 560. The number of aromatic nitrogens is 1. The molecule has 0 unspecified atom stereocenters. The zero-order valence-corrected chi connectivity index (χ0v) is 14.3. The standard InChI is InChI=1S/C17H29N3O2/c1-5-8-20-13(2)11-16(21)17(22)15(20)12-19(4)14-6-9-18(3)10-7-14/h11,14,22H,5-10,12H2,1-4H3. The molecule has 0 bridgehead atoms. The average Bonchev–Trinajstić information content (AvgIpc) is 2.49. The number of hydrogen-bond acceptors (Lipinski definition) is 4. The van der Waals surface area contributed by atoms with Crippen LogP contribution in [0.5, 0.6) is 5.75 Å². The molecule has 5 heteroatoms. The molecule has 22 heavy (non-hydrogen) atoms. The lowest BCUT2D eigenvalue weighted by Gasteiger charge is -2.35. The lowest BCUT2D eigenvalue weighted by atomic mass is 10.0. The lowest BCUT2D eigenvalue weighted by Crippen LogP contribution is -2.42. The molecule has 2 rings (SSSR count). The SMILES string of the molecule is CCCn1c(C)cc(=O)c(O)c1CN(C)C1CCN(C)CC1. The fourth-order valence-corrected chi connectivity index (χ4v) is 3.32. The molecule has 0 amide bonds. The largest absolute Gasteiger partial charge is 0.503 e. The fraction of sp³-hybridized carbons (Fsp3) is 0.706. The van der Waals surface area contributed by atoms with Crippen LogP contribution in [0.3, 0.4) is 0 Å². The monoisotopic (exact) mass is 307 g/mol. The molecule has 0 spiro atoms. The van der Waals surface area contributed by atoms with E-state index in [1.165, 1.54) is 6.07 Å². The second-order valence-corrected chi connectivity index (χ2v) is 6.55. The van der Waals surface area contributed by atoms with Crippen LogP contribution in [0.2, 0.25) is 0 Å². The van der Waals surface area contributed by atoms with Crippen molar-refractivity contribution in [2.45, 2.75) is 52.2 Å². The number of nitrogens with zero attached hydrogens (tertiary/aromatic N) is 3. The van der Waals surface area contributed by atoms with E-state index in [9.17, 15) is 9.90 Å². The number of hydrogen-bond donors (Lipinski definition) is 1. The summed E-state index contributed by atoms with van der Waals surface area (Å²) >= 11 is 0. The van der Waals surface area contributed by atoms with Crippen LogP contribution in [0, 0.1) is 6.92 Å². The summed E-state index contributed by atoms with van der Waals surface area (Å²) in [5.74, 6) is -0.0844. The summed E-state index contributed by atoms with van der Waals surface area (Å²) in [4.78, 5) is 16.6. The number of aromatic hydroxyl groups is 1. The molecule has 1 fully saturated rings. The van der Waals surface area contributed by atoms with Gasteiger partial charge in [0, 0.05) is 30.9 Å². The van der Waals surface area contributed by atoms with E-state index in [1.54, 1.807) is 0 Å². The highest BCUT2D eigenvalue weighted by Gasteiger charge is 2.23. The smallest absolute Gasteiger partial charge is 0.223 e. The summed E-state index contributed by atoms with van der Waals surface area (Å²) in [6, 6.07) is 2.05. The first-order valence-electron chi connectivity index (χ1n) is 8.25. The summed E-state index contributed by atoms with van der Waals surface area (Å²) in [6.45, 7) is 7.72. The van der Waals surface area contributed by atoms with Gasteiger partial charge in [0.05, 0.1) is 5.69 Å². The Kier molecular flexibility index (Phi) is 5.64. The predicted molar refractivity (Wildman–Crippen MR) is 89.4 cm³/mol. The van der Waals surface area contributed by atoms with Crippen molar-refractivity contribution in [3.63, 3.8) is 0 Å². The summed E-state index contributed by atoms with van der Waals surface area (Å²) < 4.78 is 2.09. The van der Waals surface area contributed by atoms with E-state index in [4.69, 9.17) is 0 Å². The molecular weight excluding hydrogens is 278 g/mol. The van der Waals surface area contributed by atoms with Crippen LogP contribution in [0.15, 0.2) is 10.9 Å². The number of rotatable bonds is 5. The number of aryl methyl sites for hydroxylation is 1. The Hall–Kier alpha value is -1.33. The minimum absolute atomic E-state index is 0.0844. The lowest BCUT2D eigenvalue weighted by molar-refractivity contribution is 0.135. The molecule has 1 aromatic rings. The molecule has 0 saturated carbocycles. The molecule has 1 saturated heterocycles. The van der Waals surface area contributed by atoms with Crippen molar-refractivity contribution in [1.82, 2.24) is 14.4 Å². The van der Waals surface area contributed by atoms with Crippen molar-refractivity contribution in [2.75, 3.05) is 27.2 Å². The molecule has 1 aliphatic heterocycles. The molecule has 2 heterocycles. The quantitative estimate of drug-likeness (QED) is 0.901. The maximum Gasteiger partial charge on any atom is 0.223 e. The van der Waals surface area contributed by atoms with E-state index in [0.717, 1.165) is 50.3 Å². The fourth-order valence-electron chi connectivity index (χ4n) is 3.32. The van der Waals surface area contributed by atoms with Gasteiger partial charge in [-0.3, -0.25) is 9.69 Å². The number of likely N-dealkylation sites (tertiary alicyclic amines) is 1. The molecule has 0 radical (unpaired) electrons. The first kappa shape index (κ1) is 17.0. The van der Waals surface area contributed by atoms with Crippen LogP contribution in [0.1, 0.15) is 37.6 Å². The summed E-state index contributed by atoms with van der Waals surface area (Å²) in [6.07, 6.45) is 3.25. The van der Waals surface area contributed by atoms with Gasteiger partial charge in [0.25, 0.3) is 0 Å². The molecule has 1 N–H and O–H groups in total. The highest BCUT2D eigenvalue weighted by atomic mass is 16.3. The minimum Gasteiger partial charge on any atom is -0.503 e. The van der Waals surface area contributed by atoms with Gasteiger partial charge in [-0.1, -0.05) is 6.92 Å². The maximum absolute atomic E-state index is 11.9. The number of pyridine rings is 1. The maximum atomic E-state index is 11.9. The predicted octanol–water partition coefficient (Wildman–Crippen LogP) is 1.80. The third kappa shape index (κ3) is 3.70. The van der Waals surface area contributed by atoms with E-state index in [-0.39, 0.29) is 11.2 Å². The van der Waals surface area contributed by atoms with Gasteiger partial charge in [-0.15, -0.1) is 0 Å². The third-order valence-corrected chi connectivity index (χ3v) is 4.76. The highest BCUT2D eigenvalue weighted by molar-refractivity contribution is 5.29.